The average molecular weight is 176 g/mol. The van der Waals surface area contributed by atoms with E-state index in [4.69, 9.17) is 0 Å². The number of carbonyl (C=O) groups is 1. The molecular formula is C12H16O. The third kappa shape index (κ3) is 3.41. The summed E-state index contributed by atoms with van der Waals surface area (Å²) in [5.41, 5.74) is 2.47. The Bertz CT molecular complexity index is 272. The Labute approximate surface area is 79.8 Å². The zero-order valence-electron chi connectivity index (χ0n) is 8.34. The second-order valence-electron chi connectivity index (χ2n) is 3.45. The van der Waals surface area contributed by atoms with Crippen LogP contribution in [0, 0.1) is 0 Å². The minimum absolute atomic E-state index is 0.225. The number of benzene rings is 1. The van der Waals surface area contributed by atoms with E-state index in [0.717, 1.165) is 12.0 Å². The van der Waals surface area contributed by atoms with Gasteiger partial charge in [-0.2, -0.15) is 0 Å². The van der Waals surface area contributed by atoms with Crippen molar-refractivity contribution in [3.05, 3.63) is 35.4 Å². The van der Waals surface area contributed by atoms with Crippen molar-refractivity contribution >= 4 is 5.78 Å². The predicted octanol–water partition coefficient (Wildman–Crippen LogP) is 2.77. The second-order valence-corrected chi connectivity index (χ2v) is 3.45. The Morgan fingerprint density at radius 2 is 1.69 bits per heavy atom. The van der Waals surface area contributed by atoms with Crippen molar-refractivity contribution in [2.75, 3.05) is 0 Å². The van der Waals surface area contributed by atoms with Crippen LogP contribution in [0.5, 0.6) is 0 Å². The Morgan fingerprint density at radius 3 is 2.15 bits per heavy atom. The first kappa shape index (κ1) is 9.97. The quantitative estimate of drug-likeness (QED) is 0.689. The Morgan fingerprint density at radius 1 is 1.15 bits per heavy atom. The molecular weight excluding hydrogens is 160 g/mol. The number of Topliss-reactive ketones (excluding diaryl/α,β-unsaturated/α-hetero) is 1. The number of hydrogen-bond donors (Lipinski definition) is 0. The Kier molecular flexibility index (Phi) is 3.69. The molecule has 1 heteroatoms. The zero-order valence-corrected chi connectivity index (χ0v) is 8.34. The van der Waals surface area contributed by atoms with Crippen molar-refractivity contribution in [1.29, 1.82) is 0 Å². The molecule has 0 radical (unpaired) electrons. The lowest BCUT2D eigenvalue weighted by Crippen LogP contribution is -1.96. The van der Waals surface area contributed by atoms with Gasteiger partial charge in [0, 0.05) is 6.42 Å². The summed E-state index contributed by atoms with van der Waals surface area (Å²) in [5.74, 6) is 0.225. The molecule has 70 valence electrons. The van der Waals surface area contributed by atoms with Gasteiger partial charge < -0.3 is 0 Å². The van der Waals surface area contributed by atoms with Crippen molar-refractivity contribution in [1.82, 2.24) is 0 Å². The molecule has 1 nitrogen and oxygen atoms in total. The monoisotopic (exact) mass is 176 g/mol. The lowest BCUT2D eigenvalue weighted by Gasteiger charge is -2.00. The molecule has 0 aliphatic rings. The molecule has 0 saturated carbocycles. The van der Waals surface area contributed by atoms with E-state index >= 15 is 0 Å². The van der Waals surface area contributed by atoms with E-state index in [2.05, 4.69) is 19.1 Å². The maximum Gasteiger partial charge on any atom is 0.134 e. The van der Waals surface area contributed by atoms with Gasteiger partial charge in [-0.25, -0.2) is 0 Å². The molecule has 0 saturated heterocycles. The van der Waals surface area contributed by atoms with Crippen LogP contribution in [0.2, 0.25) is 0 Å². The van der Waals surface area contributed by atoms with Crippen molar-refractivity contribution < 1.29 is 4.79 Å². The third-order valence-electron chi connectivity index (χ3n) is 2.01. The summed E-state index contributed by atoms with van der Waals surface area (Å²) in [6.45, 7) is 3.80. The fraction of sp³-hybridized carbons (Fsp3) is 0.417. The summed E-state index contributed by atoms with van der Waals surface area (Å²) in [5, 5.41) is 0. The van der Waals surface area contributed by atoms with Crippen LogP contribution >= 0.6 is 0 Å². The van der Waals surface area contributed by atoms with Gasteiger partial charge in [0.25, 0.3) is 0 Å². The zero-order chi connectivity index (χ0) is 9.68. The van der Waals surface area contributed by atoms with Gasteiger partial charge in [0.1, 0.15) is 5.78 Å². The number of carbonyl (C=O) groups excluding carboxylic acids is 1. The first-order chi connectivity index (χ1) is 6.22. The summed E-state index contributed by atoms with van der Waals surface area (Å²) >= 11 is 0. The molecule has 0 aromatic heterocycles. The van der Waals surface area contributed by atoms with Gasteiger partial charge in [-0.3, -0.25) is 4.79 Å². The standard InChI is InChI=1S/C12H16O/c1-3-4-11-5-7-12(8-6-11)9-10(2)13/h5-8H,3-4,9H2,1-2H3. The molecule has 13 heavy (non-hydrogen) atoms. The van der Waals surface area contributed by atoms with Gasteiger partial charge in [0.15, 0.2) is 0 Å². The molecule has 1 aromatic rings. The van der Waals surface area contributed by atoms with Crippen LogP contribution in [0.25, 0.3) is 0 Å². The van der Waals surface area contributed by atoms with Crippen LogP contribution in [0.3, 0.4) is 0 Å². The minimum Gasteiger partial charge on any atom is -0.300 e. The van der Waals surface area contributed by atoms with E-state index in [9.17, 15) is 4.79 Å². The van der Waals surface area contributed by atoms with Crippen molar-refractivity contribution in [2.45, 2.75) is 33.1 Å². The molecule has 0 heterocycles. The van der Waals surface area contributed by atoms with Gasteiger partial charge in [0.05, 0.1) is 0 Å². The summed E-state index contributed by atoms with van der Waals surface area (Å²) in [6.07, 6.45) is 2.86. The molecule has 0 bridgehead atoms. The molecule has 0 spiro atoms. The molecule has 0 N–H and O–H groups in total. The van der Waals surface area contributed by atoms with E-state index < -0.39 is 0 Å². The molecule has 0 atom stereocenters. The van der Waals surface area contributed by atoms with E-state index in [1.165, 1.54) is 12.0 Å². The van der Waals surface area contributed by atoms with Crippen LogP contribution in [-0.4, -0.2) is 5.78 Å². The minimum atomic E-state index is 0.225. The Hall–Kier alpha value is -1.11. The van der Waals surface area contributed by atoms with Gasteiger partial charge in [-0.15, -0.1) is 0 Å². The van der Waals surface area contributed by atoms with Crippen molar-refractivity contribution in [3.63, 3.8) is 0 Å². The van der Waals surface area contributed by atoms with E-state index in [-0.39, 0.29) is 5.78 Å². The molecule has 1 aromatic carbocycles. The summed E-state index contributed by atoms with van der Waals surface area (Å²) in [4.78, 5) is 10.8. The van der Waals surface area contributed by atoms with Crippen molar-refractivity contribution in [3.8, 4) is 0 Å². The normalized spacial score (nSPS) is 10.0. The highest BCUT2D eigenvalue weighted by Gasteiger charge is 1.97. The summed E-state index contributed by atoms with van der Waals surface area (Å²) in [7, 11) is 0. The van der Waals surface area contributed by atoms with Crippen LogP contribution in [0.4, 0.5) is 0 Å². The maximum atomic E-state index is 10.8. The van der Waals surface area contributed by atoms with Crippen LogP contribution < -0.4 is 0 Å². The highest BCUT2D eigenvalue weighted by molar-refractivity contribution is 5.78. The SMILES string of the molecule is CCCc1ccc(CC(C)=O)cc1. The lowest BCUT2D eigenvalue weighted by molar-refractivity contribution is -0.116. The second kappa shape index (κ2) is 4.80. The van der Waals surface area contributed by atoms with Gasteiger partial charge in [-0.1, -0.05) is 37.6 Å². The number of ketones is 1. The average Bonchev–Trinajstić information content (AvgIpc) is 2.08. The topological polar surface area (TPSA) is 17.1 Å². The lowest BCUT2D eigenvalue weighted by atomic mass is 10.0. The van der Waals surface area contributed by atoms with Gasteiger partial charge >= 0.3 is 0 Å². The molecule has 0 aliphatic heterocycles. The molecule has 1 rings (SSSR count). The fourth-order valence-corrected chi connectivity index (χ4v) is 1.40. The van der Waals surface area contributed by atoms with E-state index in [0.29, 0.717) is 6.42 Å². The molecule has 0 fully saturated rings. The van der Waals surface area contributed by atoms with Crippen LogP contribution in [0.1, 0.15) is 31.4 Å². The number of rotatable bonds is 4. The van der Waals surface area contributed by atoms with Crippen molar-refractivity contribution in [2.24, 2.45) is 0 Å². The van der Waals surface area contributed by atoms with Gasteiger partial charge in [0.2, 0.25) is 0 Å². The summed E-state index contributed by atoms with van der Waals surface area (Å²) < 4.78 is 0. The van der Waals surface area contributed by atoms with Crippen LogP contribution in [0.15, 0.2) is 24.3 Å². The molecule has 0 unspecified atom stereocenters. The molecule has 0 amide bonds. The van der Waals surface area contributed by atoms with E-state index in [1.54, 1.807) is 6.92 Å². The Balaban J connectivity index is 2.64. The molecule has 0 aliphatic carbocycles. The first-order valence-corrected chi connectivity index (χ1v) is 4.79. The first-order valence-electron chi connectivity index (χ1n) is 4.79. The smallest absolute Gasteiger partial charge is 0.134 e. The van der Waals surface area contributed by atoms with Crippen LogP contribution in [-0.2, 0) is 17.6 Å². The maximum absolute atomic E-state index is 10.8. The summed E-state index contributed by atoms with van der Waals surface area (Å²) in [6, 6.07) is 8.32. The number of aryl methyl sites for hydroxylation is 1. The highest BCUT2D eigenvalue weighted by atomic mass is 16.1. The van der Waals surface area contributed by atoms with Gasteiger partial charge in [-0.05, 0) is 24.5 Å². The third-order valence-corrected chi connectivity index (χ3v) is 2.01. The fourth-order valence-electron chi connectivity index (χ4n) is 1.40. The highest BCUT2D eigenvalue weighted by Crippen LogP contribution is 2.07. The largest absolute Gasteiger partial charge is 0.300 e. The predicted molar refractivity (Wildman–Crippen MR) is 54.8 cm³/mol. The van der Waals surface area contributed by atoms with E-state index in [1.807, 2.05) is 12.1 Å². The number of hydrogen-bond acceptors (Lipinski definition) is 1.